The first kappa shape index (κ1) is 12.0. The topological polar surface area (TPSA) is 43.1 Å². The quantitative estimate of drug-likeness (QED) is 0.616. The van der Waals surface area contributed by atoms with Crippen LogP contribution in [0.3, 0.4) is 0 Å². The van der Waals surface area contributed by atoms with Crippen molar-refractivity contribution in [1.29, 1.82) is 0 Å². The molecule has 0 radical (unpaired) electrons. The molecule has 0 amide bonds. The molecule has 1 rings (SSSR count). The maximum atomic E-state index is 12.1. The first-order valence-corrected chi connectivity index (χ1v) is 4.58. The van der Waals surface area contributed by atoms with E-state index >= 15 is 0 Å². The maximum absolute atomic E-state index is 12.1. The zero-order valence-electron chi connectivity index (χ0n) is 7.21. The summed E-state index contributed by atoms with van der Waals surface area (Å²) in [6.07, 6.45) is -5.56. The largest absolute Gasteiger partial charge is 0.393 e. The number of rotatable bonds is 2. The normalized spacial score (nSPS) is 11.5. The number of hydrogen-bond donors (Lipinski definition) is 0. The van der Waals surface area contributed by atoms with Crippen LogP contribution in [-0.4, -0.2) is 11.1 Å². The lowest BCUT2D eigenvalue weighted by molar-refractivity contribution is -0.385. The van der Waals surface area contributed by atoms with Crippen molar-refractivity contribution in [3.05, 3.63) is 38.3 Å². The van der Waals surface area contributed by atoms with Gasteiger partial charge in [-0.05, 0) is 11.6 Å². The molecule has 0 saturated heterocycles. The number of nitrogens with zero attached hydrogens (tertiary/aromatic N) is 1. The van der Waals surface area contributed by atoms with E-state index in [0.29, 0.717) is 0 Å². The zero-order valence-corrected chi connectivity index (χ0v) is 8.80. The van der Waals surface area contributed by atoms with Gasteiger partial charge in [0.05, 0.1) is 11.3 Å². The number of alkyl halides is 3. The lowest BCUT2D eigenvalue weighted by Gasteiger charge is -2.07. The van der Waals surface area contributed by atoms with Crippen LogP contribution in [0.5, 0.6) is 0 Å². The van der Waals surface area contributed by atoms with Gasteiger partial charge in [-0.2, -0.15) is 13.2 Å². The van der Waals surface area contributed by atoms with Gasteiger partial charge in [-0.15, -0.1) is 0 Å². The molecule has 0 fully saturated rings. The smallest absolute Gasteiger partial charge is 0.258 e. The second-order valence-corrected chi connectivity index (χ2v) is 3.68. The summed E-state index contributed by atoms with van der Waals surface area (Å²) in [7, 11) is 0. The molecule has 0 aliphatic heterocycles. The summed E-state index contributed by atoms with van der Waals surface area (Å²) in [5.41, 5.74) is -0.492. The minimum atomic E-state index is -4.38. The van der Waals surface area contributed by atoms with E-state index in [9.17, 15) is 23.3 Å². The molecular formula is C8H5BrF3NO2. The molecule has 1 aromatic carbocycles. The first-order chi connectivity index (χ1) is 6.79. The van der Waals surface area contributed by atoms with E-state index in [2.05, 4.69) is 15.9 Å². The molecule has 0 spiro atoms. The number of hydrogen-bond acceptors (Lipinski definition) is 2. The van der Waals surface area contributed by atoms with Gasteiger partial charge >= 0.3 is 6.18 Å². The number of nitro groups is 1. The molecule has 0 aromatic heterocycles. The van der Waals surface area contributed by atoms with Crippen LogP contribution in [0.1, 0.15) is 5.56 Å². The van der Waals surface area contributed by atoms with Gasteiger partial charge in [0, 0.05) is 16.6 Å². The second-order valence-electron chi connectivity index (χ2n) is 2.82. The molecule has 0 bridgehead atoms. The van der Waals surface area contributed by atoms with Crippen molar-refractivity contribution < 1.29 is 18.1 Å². The Bertz CT molecular complexity index is 392. The average Bonchev–Trinajstić information content (AvgIpc) is 2.06. The van der Waals surface area contributed by atoms with Crippen molar-refractivity contribution in [2.45, 2.75) is 12.6 Å². The van der Waals surface area contributed by atoms with E-state index in [0.717, 1.165) is 12.1 Å². The van der Waals surface area contributed by atoms with Gasteiger partial charge in [0.2, 0.25) is 0 Å². The molecule has 1 aromatic rings. The zero-order chi connectivity index (χ0) is 11.6. The third-order valence-corrected chi connectivity index (χ3v) is 2.40. The van der Waals surface area contributed by atoms with Crippen LogP contribution < -0.4 is 0 Å². The molecule has 0 atom stereocenters. The minimum absolute atomic E-state index is 0.142. The monoisotopic (exact) mass is 283 g/mol. The third-order valence-electron chi connectivity index (χ3n) is 1.63. The average molecular weight is 284 g/mol. The Morgan fingerprint density at radius 2 is 2.00 bits per heavy atom. The van der Waals surface area contributed by atoms with Gasteiger partial charge in [-0.1, -0.05) is 15.9 Å². The van der Waals surface area contributed by atoms with Crippen molar-refractivity contribution in [1.82, 2.24) is 0 Å². The molecule has 82 valence electrons. The molecule has 0 N–H and O–H groups in total. The molecule has 3 nitrogen and oxygen atoms in total. The van der Waals surface area contributed by atoms with E-state index in [1.165, 1.54) is 6.07 Å². The van der Waals surface area contributed by atoms with Crippen molar-refractivity contribution >= 4 is 21.6 Å². The van der Waals surface area contributed by atoms with Crippen LogP contribution in [0, 0.1) is 10.1 Å². The Labute approximate surface area is 91.2 Å². The van der Waals surface area contributed by atoms with E-state index < -0.39 is 17.5 Å². The third kappa shape index (κ3) is 3.50. The van der Waals surface area contributed by atoms with Crippen LogP contribution in [0.2, 0.25) is 0 Å². The Morgan fingerprint density at radius 1 is 1.40 bits per heavy atom. The number of non-ortho nitro benzene ring substituents is 1. The van der Waals surface area contributed by atoms with E-state index in [1.807, 2.05) is 0 Å². The Balaban J connectivity index is 3.06. The highest BCUT2D eigenvalue weighted by atomic mass is 79.9. The number of nitro benzene ring substituents is 1. The standard InChI is InChI=1S/C8H5BrF3NO2/c9-7-2-1-6(13(14)15)3-5(7)4-8(10,11)12/h1-3H,4H2. The van der Waals surface area contributed by atoms with Crippen molar-refractivity contribution in [3.8, 4) is 0 Å². The van der Waals surface area contributed by atoms with Gasteiger partial charge in [0.25, 0.3) is 5.69 Å². The molecule has 0 unspecified atom stereocenters. The lowest BCUT2D eigenvalue weighted by Crippen LogP contribution is -2.12. The highest BCUT2D eigenvalue weighted by Crippen LogP contribution is 2.29. The van der Waals surface area contributed by atoms with Gasteiger partial charge in [-0.3, -0.25) is 10.1 Å². The second kappa shape index (κ2) is 4.18. The Morgan fingerprint density at radius 3 is 2.47 bits per heavy atom. The SMILES string of the molecule is O=[N+]([O-])c1ccc(Br)c(CC(F)(F)F)c1. The van der Waals surface area contributed by atoms with Crippen LogP contribution in [-0.2, 0) is 6.42 Å². The molecule has 0 aliphatic rings. The van der Waals surface area contributed by atoms with Gasteiger partial charge in [0.15, 0.2) is 0 Å². The van der Waals surface area contributed by atoms with Crippen LogP contribution in [0.25, 0.3) is 0 Å². The number of halogens is 4. The van der Waals surface area contributed by atoms with Crippen molar-refractivity contribution in [2.75, 3.05) is 0 Å². The molecule has 0 saturated carbocycles. The Kier molecular flexibility index (Phi) is 3.33. The molecule has 0 aliphatic carbocycles. The van der Waals surface area contributed by atoms with Crippen LogP contribution >= 0.6 is 15.9 Å². The van der Waals surface area contributed by atoms with Crippen LogP contribution in [0.15, 0.2) is 22.7 Å². The van der Waals surface area contributed by atoms with E-state index in [4.69, 9.17) is 0 Å². The predicted molar refractivity (Wildman–Crippen MR) is 50.6 cm³/mol. The predicted octanol–water partition coefficient (Wildman–Crippen LogP) is 3.46. The summed E-state index contributed by atoms with van der Waals surface area (Å²) in [6, 6.07) is 3.29. The first-order valence-electron chi connectivity index (χ1n) is 3.79. The van der Waals surface area contributed by atoms with Crippen molar-refractivity contribution in [3.63, 3.8) is 0 Å². The highest BCUT2D eigenvalue weighted by molar-refractivity contribution is 9.10. The number of benzene rings is 1. The highest BCUT2D eigenvalue weighted by Gasteiger charge is 2.29. The fourth-order valence-corrected chi connectivity index (χ4v) is 1.41. The fraction of sp³-hybridized carbons (Fsp3) is 0.250. The summed E-state index contributed by atoms with van der Waals surface area (Å²) in [6.45, 7) is 0. The molecular weight excluding hydrogens is 279 g/mol. The fourth-order valence-electron chi connectivity index (χ4n) is 1.03. The summed E-state index contributed by atoms with van der Waals surface area (Å²) >= 11 is 2.91. The lowest BCUT2D eigenvalue weighted by atomic mass is 10.1. The van der Waals surface area contributed by atoms with Crippen LogP contribution in [0.4, 0.5) is 18.9 Å². The van der Waals surface area contributed by atoms with Gasteiger partial charge in [-0.25, -0.2) is 0 Å². The summed E-state index contributed by atoms with van der Waals surface area (Å²) in [4.78, 5) is 9.61. The van der Waals surface area contributed by atoms with E-state index in [-0.39, 0.29) is 15.7 Å². The van der Waals surface area contributed by atoms with E-state index in [1.54, 1.807) is 0 Å². The minimum Gasteiger partial charge on any atom is -0.258 e. The summed E-state index contributed by atoms with van der Waals surface area (Å²) in [5.74, 6) is 0. The van der Waals surface area contributed by atoms with Gasteiger partial charge < -0.3 is 0 Å². The van der Waals surface area contributed by atoms with Gasteiger partial charge in [0.1, 0.15) is 0 Å². The summed E-state index contributed by atoms with van der Waals surface area (Å²) in [5, 5.41) is 10.3. The Hall–Kier alpha value is -1.11. The molecule has 0 heterocycles. The van der Waals surface area contributed by atoms with Crippen molar-refractivity contribution in [2.24, 2.45) is 0 Å². The molecule has 7 heteroatoms. The molecule has 15 heavy (non-hydrogen) atoms. The summed E-state index contributed by atoms with van der Waals surface area (Å²) < 4.78 is 36.4. The maximum Gasteiger partial charge on any atom is 0.393 e.